The van der Waals surface area contributed by atoms with Gasteiger partial charge in [0, 0.05) is 18.7 Å². The van der Waals surface area contributed by atoms with Gasteiger partial charge in [-0.25, -0.2) is 4.79 Å². The molecule has 0 bridgehead atoms. The van der Waals surface area contributed by atoms with Crippen LogP contribution in [0.5, 0.6) is 5.75 Å². The fourth-order valence-corrected chi connectivity index (χ4v) is 4.21. The summed E-state index contributed by atoms with van der Waals surface area (Å²) >= 11 is 0. The predicted octanol–water partition coefficient (Wildman–Crippen LogP) is 6.09. The molecule has 0 heterocycles. The van der Waals surface area contributed by atoms with E-state index in [1.165, 1.54) is 11.0 Å². The van der Waals surface area contributed by atoms with Crippen LogP contribution in [-0.2, 0) is 14.3 Å². The lowest BCUT2D eigenvalue weighted by molar-refractivity contribution is -0.143. The van der Waals surface area contributed by atoms with E-state index in [9.17, 15) is 19.5 Å². The largest absolute Gasteiger partial charge is 0.508 e. The molecule has 2 atom stereocenters. The molecule has 0 aliphatic rings. The van der Waals surface area contributed by atoms with Crippen molar-refractivity contribution in [1.29, 1.82) is 0 Å². The minimum absolute atomic E-state index is 0.0508. The van der Waals surface area contributed by atoms with E-state index in [0.29, 0.717) is 25.1 Å². The molecular weight excluding hydrogens is 482 g/mol. The fraction of sp³-hybridized carbons (Fsp3) is 0.700. The molecule has 216 valence electrons. The van der Waals surface area contributed by atoms with Crippen LogP contribution in [0.25, 0.3) is 0 Å². The second-order valence-corrected chi connectivity index (χ2v) is 11.3. The lowest BCUT2D eigenvalue weighted by Crippen LogP contribution is -2.55. The Hall–Kier alpha value is -2.77. The first-order valence-corrected chi connectivity index (χ1v) is 14.3. The van der Waals surface area contributed by atoms with Gasteiger partial charge in [-0.05, 0) is 45.6 Å². The smallest absolute Gasteiger partial charge is 0.408 e. The molecule has 38 heavy (non-hydrogen) atoms. The summed E-state index contributed by atoms with van der Waals surface area (Å²) in [5.74, 6) is -1.03. The van der Waals surface area contributed by atoms with Gasteiger partial charge in [0.25, 0.3) is 0 Å². The third-order valence-corrected chi connectivity index (χ3v) is 6.26. The summed E-state index contributed by atoms with van der Waals surface area (Å²) in [6.45, 7) is 14.0. The number of ether oxygens (including phenoxy) is 1. The number of para-hydroxylation sites is 1. The summed E-state index contributed by atoms with van der Waals surface area (Å²) in [6.07, 6.45) is 7.14. The summed E-state index contributed by atoms with van der Waals surface area (Å²) < 4.78 is 5.42. The highest BCUT2D eigenvalue weighted by molar-refractivity contribution is 5.92. The van der Waals surface area contributed by atoms with Crippen molar-refractivity contribution in [3.8, 4) is 5.75 Å². The number of unbranched alkanes of at least 4 members (excludes halogenated alkanes) is 6. The summed E-state index contributed by atoms with van der Waals surface area (Å²) in [5, 5.41) is 16.4. The molecule has 8 nitrogen and oxygen atoms in total. The highest BCUT2D eigenvalue weighted by Gasteiger charge is 2.38. The van der Waals surface area contributed by atoms with E-state index in [-0.39, 0.29) is 23.5 Å². The standard InChI is InChI=1S/C30H51N3O5/c1-8-10-12-13-14-17-21-33(28(36)25(22(3)4)32-29(37)38-30(5,6)7)26(27(35)31-20-11-9-2)23-18-15-16-19-24(23)34/h15-16,18-19,22,25-26,34H,8-14,17,20-21H2,1-7H3,(H,31,35)(H,32,37). The fourth-order valence-electron chi connectivity index (χ4n) is 4.21. The van der Waals surface area contributed by atoms with Gasteiger partial charge in [0.15, 0.2) is 0 Å². The van der Waals surface area contributed by atoms with Gasteiger partial charge in [0.05, 0.1) is 0 Å². The maximum Gasteiger partial charge on any atom is 0.408 e. The molecule has 8 heteroatoms. The number of phenolic OH excluding ortho intramolecular Hbond substituents is 1. The van der Waals surface area contributed by atoms with E-state index in [1.807, 2.05) is 20.8 Å². The number of rotatable bonds is 16. The Morgan fingerprint density at radius 2 is 1.55 bits per heavy atom. The third kappa shape index (κ3) is 11.7. The molecule has 2 unspecified atom stereocenters. The summed E-state index contributed by atoms with van der Waals surface area (Å²) in [4.78, 5) is 41.8. The minimum atomic E-state index is -1.03. The van der Waals surface area contributed by atoms with Gasteiger partial charge >= 0.3 is 6.09 Å². The molecule has 1 aromatic carbocycles. The Bertz CT molecular complexity index is 866. The highest BCUT2D eigenvalue weighted by atomic mass is 16.6. The van der Waals surface area contributed by atoms with Crippen LogP contribution in [0.3, 0.4) is 0 Å². The van der Waals surface area contributed by atoms with Crippen molar-refractivity contribution in [1.82, 2.24) is 15.5 Å². The number of benzene rings is 1. The van der Waals surface area contributed by atoms with Crippen molar-refractivity contribution in [2.75, 3.05) is 13.1 Å². The molecular formula is C30H51N3O5. The van der Waals surface area contributed by atoms with Gasteiger partial charge in [-0.2, -0.15) is 0 Å². The molecule has 0 aromatic heterocycles. The quantitative estimate of drug-likeness (QED) is 0.223. The van der Waals surface area contributed by atoms with Crippen LogP contribution >= 0.6 is 0 Å². The van der Waals surface area contributed by atoms with Crippen molar-refractivity contribution in [3.63, 3.8) is 0 Å². The van der Waals surface area contributed by atoms with E-state index in [1.54, 1.807) is 39.0 Å². The molecule has 0 fully saturated rings. The zero-order chi connectivity index (χ0) is 28.7. The number of nitrogens with zero attached hydrogens (tertiary/aromatic N) is 1. The third-order valence-electron chi connectivity index (χ3n) is 6.26. The number of aromatic hydroxyl groups is 1. The lowest BCUT2D eigenvalue weighted by Gasteiger charge is -2.36. The van der Waals surface area contributed by atoms with Gasteiger partial charge in [-0.15, -0.1) is 0 Å². The van der Waals surface area contributed by atoms with E-state index in [4.69, 9.17) is 4.74 Å². The van der Waals surface area contributed by atoms with Gasteiger partial charge in [-0.3, -0.25) is 9.59 Å². The Balaban J connectivity index is 3.38. The molecule has 0 radical (unpaired) electrons. The highest BCUT2D eigenvalue weighted by Crippen LogP contribution is 2.30. The minimum Gasteiger partial charge on any atom is -0.508 e. The molecule has 0 saturated carbocycles. The van der Waals surface area contributed by atoms with Crippen LogP contribution in [0.2, 0.25) is 0 Å². The van der Waals surface area contributed by atoms with Crippen LogP contribution in [-0.4, -0.2) is 52.6 Å². The van der Waals surface area contributed by atoms with E-state index >= 15 is 0 Å². The van der Waals surface area contributed by atoms with Crippen molar-refractivity contribution < 1.29 is 24.2 Å². The number of amides is 3. The summed E-state index contributed by atoms with van der Waals surface area (Å²) in [6, 6.07) is 4.69. The molecule has 0 aliphatic carbocycles. The molecule has 3 N–H and O–H groups in total. The predicted molar refractivity (Wildman–Crippen MR) is 152 cm³/mol. The van der Waals surface area contributed by atoms with Gasteiger partial charge in [0.1, 0.15) is 23.4 Å². The molecule has 1 rings (SSSR count). The molecule has 0 spiro atoms. The van der Waals surface area contributed by atoms with Gasteiger partial charge in [-0.1, -0.05) is 84.4 Å². The average Bonchev–Trinajstić information content (AvgIpc) is 2.83. The number of hydrogen-bond donors (Lipinski definition) is 3. The SMILES string of the molecule is CCCCCCCCN(C(=O)C(NC(=O)OC(C)(C)C)C(C)C)C(C(=O)NCCCC)c1ccccc1O. The van der Waals surface area contributed by atoms with E-state index in [2.05, 4.69) is 17.6 Å². The second-order valence-electron chi connectivity index (χ2n) is 11.3. The van der Waals surface area contributed by atoms with Crippen LogP contribution < -0.4 is 10.6 Å². The summed E-state index contributed by atoms with van der Waals surface area (Å²) in [7, 11) is 0. The van der Waals surface area contributed by atoms with Gasteiger partial charge in [0.2, 0.25) is 11.8 Å². The number of hydrogen-bond acceptors (Lipinski definition) is 5. The second kappa shape index (κ2) is 16.9. The Labute approximate surface area is 229 Å². The van der Waals surface area contributed by atoms with Crippen LogP contribution in [0.15, 0.2) is 24.3 Å². The topological polar surface area (TPSA) is 108 Å². The Morgan fingerprint density at radius 3 is 2.13 bits per heavy atom. The first-order valence-electron chi connectivity index (χ1n) is 14.3. The number of nitrogens with one attached hydrogen (secondary N) is 2. The Kier molecular flexibility index (Phi) is 14.8. The number of alkyl carbamates (subject to hydrolysis) is 1. The number of carbonyl (C=O) groups excluding carboxylic acids is 3. The van der Waals surface area contributed by atoms with E-state index < -0.39 is 23.8 Å². The summed E-state index contributed by atoms with van der Waals surface area (Å²) in [5.41, 5.74) is -0.356. The number of carbonyl (C=O) groups is 3. The van der Waals surface area contributed by atoms with Crippen molar-refractivity contribution in [2.45, 2.75) is 118 Å². The van der Waals surface area contributed by atoms with E-state index in [0.717, 1.165) is 44.9 Å². The van der Waals surface area contributed by atoms with Crippen LogP contribution in [0.4, 0.5) is 4.79 Å². The molecule has 0 aliphatic heterocycles. The monoisotopic (exact) mass is 533 g/mol. The van der Waals surface area contributed by atoms with Gasteiger partial charge < -0.3 is 25.4 Å². The normalized spacial score (nSPS) is 13.1. The van der Waals surface area contributed by atoms with Crippen LogP contribution in [0, 0.1) is 5.92 Å². The van der Waals surface area contributed by atoms with Crippen molar-refractivity contribution in [3.05, 3.63) is 29.8 Å². The Morgan fingerprint density at radius 1 is 0.947 bits per heavy atom. The van der Waals surface area contributed by atoms with Crippen molar-refractivity contribution in [2.24, 2.45) is 5.92 Å². The maximum atomic E-state index is 14.1. The number of phenols is 1. The zero-order valence-electron chi connectivity index (χ0n) is 24.6. The average molecular weight is 534 g/mol. The molecule has 3 amide bonds. The first-order chi connectivity index (χ1) is 17.9. The zero-order valence-corrected chi connectivity index (χ0v) is 24.6. The molecule has 1 aromatic rings. The van der Waals surface area contributed by atoms with Crippen molar-refractivity contribution >= 4 is 17.9 Å². The lowest BCUT2D eigenvalue weighted by atomic mass is 9.97. The maximum absolute atomic E-state index is 14.1. The van der Waals surface area contributed by atoms with Crippen LogP contribution in [0.1, 0.15) is 111 Å². The molecule has 0 saturated heterocycles. The first kappa shape index (κ1) is 33.3.